The monoisotopic (exact) mass is 321 g/mol. The van der Waals surface area contributed by atoms with E-state index in [0.717, 1.165) is 12.5 Å². The zero-order valence-corrected chi connectivity index (χ0v) is 13.3. The molecule has 22 heavy (non-hydrogen) atoms. The first kappa shape index (κ1) is 16.3. The highest BCUT2D eigenvalue weighted by molar-refractivity contribution is 7.07. The second kappa shape index (κ2) is 9.04. The average molecular weight is 321 g/mol. The van der Waals surface area contributed by atoms with Crippen LogP contribution in [0.1, 0.15) is 12.5 Å². The topological polar surface area (TPSA) is 45.7 Å². The maximum atomic E-state index is 13.0. The smallest absolute Gasteiger partial charge is 0.191 e. The molecule has 1 aromatic heterocycles. The van der Waals surface area contributed by atoms with Crippen molar-refractivity contribution in [1.29, 1.82) is 0 Å². The average Bonchev–Trinajstić information content (AvgIpc) is 3.02. The van der Waals surface area contributed by atoms with Crippen LogP contribution >= 0.6 is 11.3 Å². The van der Waals surface area contributed by atoms with Crippen LogP contribution in [0, 0.1) is 5.82 Å². The van der Waals surface area contributed by atoms with E-state index in [2.05, 4.69) is 27.1 Å². The van der Waals surface area contributed by atoms with Crippen molar-refractivity contribution in [3.05, 3.63) is 52.5 Å². The fourth-order valence-electron chi connectivity index (χ4n) is 1.79. The first-order valence-electron chi connectivity index (χ1n) is 7.19. The summed E-state index contributed by atoms with van der Waals surface area (Å²) in [5, 5.41) is 10.5. The van der Waals surface area contributed by atoms with Gasteiger partial charge in [-0.1, -0.05) is 6.07 Å². The first-order valence-corrected chi connectivity index (χ1v) is 8.14. The second-order valence-electron chi connectivity index (χ2n) is 4.56. The van der Waals surface area contributed by atoms with Crippen molar-refractivity contribution < 1.29 is 9.13 Å². The van der Waals surface area contributed by atoms with Gasteiger partial charge in [0.15, 0.2) is 5.96 Å². The molecule has 2 N–H and O–H groups in total. The molecule has 118 valence electrons. The van der Waals surface area contributed by atoms with Gasteiger partial charge >= 0.3 is 0 Å². The molecular formula is C16H20FN3OS. The van der Waals surface area contributed by atoms with E-state index in [1.807, 2.05) is 12.3 Å². The summed E-state index contributed by atoms with van der Waals surface area (Å²) in [6, 6.07) is 8.19. The van der Waals surface area contributed by atoms with Gasteiger partial charge in [0.25, 0.3) is 0 Å². The van der Waals surface area contributed by atoms with Crippen LogP contribution in [0.15, 0.2) is 46.1 Å². The Labute approximate surface area is 134 Å². The van der Waals surface area contributed by atoms with Crippen LogP contribution in [0.25, 0.3) is 0 Å². The molecule has 0 bridgehead atoms. The minimum Gasteiger partial charge on any atom is -0.492 e. The SMILES string of the molecule is CCNC(=NCc1ccsc1)NCCOc1cccc(F)c1. The fraction of sp³-hybridized carbons (Fsp3) is 0.312. The highest BCUT2D eigenvalue weighted by atomic mass is 32.1. The molecule has 0 aliphatic carbocycles. The molecular weight excluding hydrogens is 301 g/mol. The highest BCUT2D eigenvalue weighted by Crippen LogP contribution is 2.11. The van der Waals surface area contributed by atoms with Crippen molar-refractivity contribution in [3.8, 4) is 5.75 Å². The van der Waals surface area contributed by atoms with Gasteiger partial charge < -0.3 is 15.4 Å². The standard InChI is InChI=1S/C16H20FN3OS/c1-2-18-16(20-11-13-6-9-22-12-13)19-7-8-21-15-5-3-4-14(17)10-15/h3-6,9-10,12H,2,7-8,11H2,1H3,(H2,18,19,20). The van der Waals surface area contributed by atoms with Crippen LogP contribution in [0.4, 0.5) is 4.39 Å². The Morgan fingerprint density at radius 1 is 1.32 bits per heavy atom. The number of hydrogen-bond acceptors (Lipinski definition) is 3. The number of hydrogen-bond donors (Lipinski definition) is 2. The second-order valence-corrected chi connectivity index (χ2v) is 5.34. The number of benzene rings is 1. The minimum atomic E-state index is -0.295. The Morgan fingerprint density at radius 3 is 2.95 bits per heavy atom. The number of halogens is 1. The maximum Gasteiger partial charge on any atom is 0.191 e. The molecule has 0 atom stereocenters. The molecule has 1 aromatic carbocycles. The van der Waals surface area contributed by atoms with E-state index in [0.29, 0.717) is 25.4 Å². The molecule has 0 spiro atoms. The van der Waals surface area contributed by atoms with E-state index in [1.54, 1.807) is 23.5 Å². The van der Waals surface area contributed by atoms with Gasteiger partial charge in [-0.25, -0.2) is 9.38 Å². The van der Waals surface area contributed by atoms with Gasteiger partial charge in [0.2, 0.25) is 0 Å². The number of rotatable bonds is 7. The number of guanidine groups is 1. The van der Waals surface area contributed by atoms with Crippen LogP contribution in [0.5, 0.6) is 5.75 Å². The van der Waals surface area contributed by atoms with E-state index < -0.39 is 0 Å². The predicted octanol–water partition coefficient (Wildman–Crippen LogP) is 3.02. The van der Waals surface area contributed by atoms with Crippen molar-refractivity contribution in [1.82, 2.24) is 10.6 Å². The Kier molecular flexibility index (Phi) is 6.70. The van der Waals surface area contributed by atoms with Gasteiger partial charge in [0, 0.05) is 12.6 Å². The summed E-state index contributed by atoms with van der Waals surface area (Å²) in [6.45, 7) is 4.48. The van der Waals surface area contributed by atoms with Crippen molar-refractivity contribution in [2.45, 2.75) is 13.5 Å². The quantitative estimate of drug-likeness (QED) is 0.468. The van der Waals surface area contributed by atoms with Gasteiger partial charge in [0.1, 0.15) is 18.2 Å². The zero-order chi connectivity index (χ0) is 15.6. The zero-order valence-electron chi connectivity index (χ0n) is 12.5. The van der Waals surface area contributed by atoms with Gasteiger partial charge in [-0.15, -0.1) is 0 Å². The number of aliphatic imine (C=N–C) groups is 1. The van der Waals surface area contributed by atoms with Gasteiger partial charge in [0.05, 0.1) is 13.1 Å². The molecule has 0 saturated carbocycles. The maximum absolute atomic E-state index is 13.0. The van der Waals surface area contributed by atoms with Crippen LogP contribution in [-0.4, -0.2) is 25.7 Å². The van der Waals surface area contributed by atoms with Crippen molar-refractivity contribution in [2.24, 2.45) is 4.99 Å². The van der Waals surface area contributed by atoms with Gasteiger partial charge in [-0.3, -0.25) is 0 Å². The molecule has 0 amide bonds. The van der Waals surface area contributed by atoms with Gasteiger partial charge in [-0.2, -0.15) is 11.3 Å². The molecule has 0 aliphatic heterocycles. The molecule has 0 radical (unpaired) electrons. The third kappa shape index (κ3) is 5.73. The molecule has 2 rings (SSSR count). The summed E-state index contributed by atoms with van der Waals surface area (Å²) < 4.78 is 18.5. The molecule has 1 heterocycles. The van der Waals surface area contributed by atoms with E-state index in [9.17, 15) is 4.39 Å². The third-order valence-electron chi connectivity index (χ3n) is 2.80. The van der Waals surface area contributed by atoms with Gasteiger partial charge in [-0.05, 0) is 41.4 Å². The predicted molar refractivity (Wildman–Crippen MR) is 89.0 cm³/mol. The third-order valence-corrected chi connectivity index (χ3v) is 3.54. The summed E-state index contributed by atoms with van der Waals surface area (Å²) in [5.74, 6) is 0.981. The lowest BCUT2D eigenvalue weighted by atomic mass is 10.3. The van der Waals surface area contributed by atoms with Crippen LogP contribution < -0.4 is 15.4 Å². The lowest BCUT2D eigenvalue weighted by Crippen LogP contribution is -2.39. The molecule has 0 aliphatic rings. The summed E-state index contributed by atoms with van der Waals surface area (Å²) in [6.07, 6.45) is 0. The largest absolute Gasteiger partial charge is 0.492 e. The highest BCUT2D eigenvalue weighted by Gasteiger charge is 1.99. The Morgan fingerprint density at radius 2 is 2.23 bits per heavy atom. The number of nitrogens with one attached hydrogen (secondary N) is 2. The van der Waals surface area contributed by atoms with Crippen molar-refractivity contribution in [2.75, 3.05) is 19.7 Å². The van der Waals surface area contributed by atoms with E-state index in [-0.39, 0.29) is 5.82 Å². The number of nitrogens with zero attached hydrogens (tertiary/aromatic N) is 1. The number of ether oxygens (including phenoxy) is 1. The van der Waals surface area contributed by atoms with Crippen molar-refractivity contribution >= 4 is 17.3 Å². The lowest BCUT2D eigenvalue weighted by molar-refractivity contribution is 0.320. The van der Waals surface area contributed by atoms with E-state index in [1.165, 1.54) is 17.7 Å². The lowest BCUT2D eigenvalue weighted by Gasteiger charge is -2.12. The summed E-state index contributed by atoms with van der Waals surface area (Å²) in [5.41, 5.74) is 1.19. The molecule has 6 heteroatoms. The minimum absolute atomic E-state index is 0.295. The fourth-order valence-corrected chi connectivity index (χ4v) is 2.45. The molecule has 0 unspecified atom stereocenters. The summed E-state index contributed by atoms with van der Waals surface area (Å²) in [4.78, 5) is 4.50. The van der Waals surface area contributed by atoms with Crippen LogP contribution in [0.3, 0.4) is 0 Å². The van der Waals surface area contributed by atoms with E-state index in [4.69, 9.17) is 4.74 Å². The molecule has 4 nitrogen and oxygen atoms in total. The van der Waals surface area contributed by atoms with Crippen LogP contribution in [-0.2, 0) is 6.54 Å². The summed E-state index contributed by atoms with van der Waals surface area (Å²) in [7, 11) is 0. The van der Waals surface area contributed by atoms with Crippen LogP contribution in [0.2, 0.25) is 0 Å². The Hall–Kier alpha value is -2.08. The first-order chi connectivity index (χ1) is 10.8. The molecule has 0 fully saturated rings. The Bertz CT molecular complexity index is 587. The summed E-state index contributed by atoms with van der Waals surface area (Å²) >= 11 is 1.66. The normalized spacial score (nSPS) is 11.3. The molecule has 0 saturated heterocycles. The number of thiophene rings is 1. The van der Waals surface area contributed by atoms with Crippen molar-refractivity contribution in [3.63, 3.8) is 0 Å². The Balaban J connectivity index is 1.75. The van der Waals surface area contributed by atoms with E-state index >= 15 is 0 Å². The molecule has 2 aromatic rings.